The molecule has 0 saturated heterocycles. The SMILES string of the molecule is Cc1nc2c(c(C(N)=O)nn2C)c(=O)[nH]1. The zero-order valence-electron chi connectivity index (χ0n) is 8.24. The van der Waals surface area contributed by atoms with Crippen molar-refractivity contribution in [3.63, 3.8) is 0 Å². The van der Waals surface area contributed by atoms with E-state index in [-0.39, 0.29) is 11.1 Å². The molecule has 78 valence electrons. The van der Waals surface area contributed by atoms with Crippen LogP contribution in [0.15, 0.2) is 4.79 Å². The van der Waals surface area contributed by atoms with E-state index < -0.39 is 11.5 Å². The van der Waals surface area contributed by atoms with Crippen molar-refractivity contribution >= 4 is 16.9 Å². The van der Waals surface area contributed by atoms with Crippen LogP contribution in [0.2, 0.25) is 0 Å². The third-order valence-corrected chi connectivity index (χ3v) is 2.05. The van der Waals surface area contributed by atoms with Gasteiger partial charge in [-0.3, -0.25) is 9.59 Å². The smallest absolute Gasteiger partial charge is 0.270 e. The van der Waals surface area contributed by atoms with Gasteiger partial charge >= 0.3 is 0 Å². The standard InChI is InChI=1S/C8H9N5O2/c1-3-10-7-4(8(15)11-3)5(6(9)14)12-13(7)2/h1-2H3,(H2,9,14)(H,10,11,15). The Labute approximate surface area is 83.9 Å². The van der Waals surface area contributed by atoms with Crippen LogP contribution in [-0.2, 0) is 7.05 Å². The Kier molecular flexibility index (Phi) is 1.82. The molecule has 0 radical (unpaired) electrons. The summed E-state index contributed by atoms with van der Waals surface area (Å²) in [5.41, 5.74) is 5.00. The Hall–Kier alpha value is -2.18. The van der Waals surface area contributed by atoms with E-state index >= 15 is 0 Å². The Morgan fingerprint density at radius 2 is 2.20 bits per heavy atom. The largest absolute Gasteiger partial charge is 0.364 e. The second kappa shape index (κ2) is 2.91. The number of rotatable bonds is 1. The monoisotopic (exact) mass is 207 g/mol. The van der Waals surface area contributed by atoms with Gasteiger partial charge in [0.05, 0.1) is 0 Å². The topological polar surface area (TPSA) is 107 Å². The minimum atomic E-state index is -0.739. The number of aromatic nitrogens is 4. The highest BCUT2D eigenvalue weighted by Gasteiger charge is 2.17. The van der Waals surface area contributed by atoms with Gasteiger partial charge < -0.3 is 10.7 Å². The summed E-state index contributed by atoms with van der Waals surface area (Å²) in [5.74, 6) is -0.275. The van der Waals surface area contributed by atoms with Gasteiger partial charge in [0.2, 0.25) is 0 Å². The lowest BCUT2D eigenvalue weighted by atomic mass is 10.3. The molecule has 7 nitrogen and oxygen atoms in total. The van der Waals surface area contributed by atoms with E-state index in [0.717, 1.165) is 0 Å². The molecule has 2 rings (SSSR count). The van der Waals surface area contributed by atoms with E-state index in [1.54, 1.807) is 14.0 Å². The van der Waals surface area contributed by atoms with Gasteiger partial charge in [-0.1, -0.05) is 0 Å². The van der Waals surface area contributed by atoms with Crippen LogP contribution >= 0.6 is 0 Å². The van der Waals surface area contributed by atoms with Crippen molar-refractivity contribution in [1.82, 2.24) is 19.7 Å². The molecule has 0 bridgehead atoms. The van der Waals surface area contributed by atoms with Crippen molar-refractivity contribution in [2.75, 3.05) is 0 Å². The number of hydrogen-bond acceptors (Lipinski definition) is 4. The Morgan fingerprint density at radius 3 is 2.80 bits per heavy atom. The maximum Gasteiger partial charge on any atom is 0.270 e. The number of fused-ring (bicyclic) bond motifs is 1. The third kappa shape index (κ3) is 1.28. The number of nitrogens with two attached hydrogens (primary N) is 1. The lowest BCUT2D eigenvalue weighted by Gasteiger charge is -1.94. The Balaban J connectivity index is 3.00. The van der Waals surface area contributed by atoms with Gasteiger partial charge in [0.1, 0.15) is 11.2 Å². The van der Waals surface area contributed by atoms with Crippen molar-refractivity contribution in [1.29, 1.82) is 0 Å². The molecule has 2 aromatic heterocycles. The molecule has 0 unspecified atom stereocenters. The lowest BCUT2D eigenvalue weighted by molar-refractivity contribution is 0.0996. The number of carbonyl (C=O) groups is 1. The van der Waals surface area contributed by atoms with Crippen LogP contribution in [0.3, 0.4) is 0 Å². The van der Waals surface area contributed by atoms with E-state index in [2.05, 4.69) is 15.1 Å². The van der Waals surface area contributed by atoms with Crippen LogP contribution in [0, 0.1) is 6.92 Å². The summed E-state index contributed by atoms with van der Waals surface area (Å²) >= 11 is 0. The van der Waals surface area contributed by atoms with Crippen molar-refractivity contribution in [3.05, 3.63) is 21.9 Å². The number of amides is 1. The molecule has 0 aliphatic carbocycles. The average Bonchev–Trinajstić information content (AvgIpc) is 2.44. The van der Waals surface area contributed by atoms with E-state index in [9.17, 15) is 9.59 Å². The van der Waals surface area contributed by atoms with E-state index in [4.69, 9.17) is 5.73 Å². The minimum Gasteiger partial charge on any atom is -0.364 e. The number of primary amides is 1. The summed E-state index contributed by atoms with van der Waals surface area (Å²) in [7, 11) is 1.60. The zero-order chi connectivity index (χ0) is 11.2. The first-order chi connectivity index (χ1) is 7.00. The van der Waals surface area contributed by atoms with Crippen molar-refractivity contribution in [2.45, 2.75) is 6.92 Å². The van der Waals surface area contributed by atoms with Gasteiger partial charge in [-0.05, 0) is 6.92 Å². The molecule has 7 heteroatoms. The number of aryl methyl sites for hydroxylation is 2. The summed E-state index contributed by atoms with van der Waals surface area (Å²) in [6.45, 7) is 1.65. The lowest BCUT2D eigenvalue weighted by Crippen LogP contribution is -2.16. The molecule has 0 saturated carbocycles. The van der Waals surface area contributed by atoms with Crippen LogP contribution < -0.4 is 11.3 Å². The highest BCUT2D eigenvalue weighted by atomic mass is 16.1. The maximum atomic E-state index is 11.6. The molecule has 3 N–H and O–H groups in total. The Bertz CT molecular complexity index is 609. The Morgan fingerprint density at radius 1 is 1.53 bits per heavy atom. The fraction of sp³-hybridized carbons (Fsp3) is 0.250. The van der Waals surface area contributed by atoms with Gasteiger partial charge in [-0.15, -0.1) is 0 Å². The molecule has 0 atom stereocenters. The molecule has 0 fully saturated rings. The van der Waals surface area contributed by atoms with Crippen LogP contribution in [0.1, 0.15) is 16.3 Å². The normalized spacial score (nSPS) is 10.8. The third-order valence-electron chi connectivity index (χ3n) is 2.05. The molecule has 15 heavy (non-hydrogen) atoms. The highest BCUT2D eigenvalue weighted by molar-refractivity contribution is 6.02. The van der Waals surface area contributed by atoms with Crippen LogP contribution in [-0.4, -0.2) is 25.7 Å². The fourth-order valence-electron chi connectivity index (χ4n) is 1.44. The van der Waals surface area contributed by atoms with E-state index in [1.807, 2.05) is 0 Å². The second-order valence-electron chi connectivity index (χ2n) is 3.19. The number of aromatic amines is 1. The maximum absolute atomic E-state index is 11.6. The van der Waals surface area contributed by atoms with Crippen LogP contribution in [0.5, 0.6) is 0 Å². The molecule has 0 aromatic carbocycles. The van der Waals surface area contributed by atoms with Crippen molar-refractivity contribution in [2.24, 2.45) is 12.8 Å². The predicted molar refractivity (Wildman–Crippen MR) is 52.4 cm³/mol. The fourth-order valence-corrected chi connectivity index (χ4v) is 1.44. The predicted octanol–water partition coefficient (Wildman–Crippen LogP) is -0.936. The number of H-pyrrole nitrogens is 1. The molecular weight excluding hydrogens is 198 g/mol. The summed E-state index contributed by atoms with van der Waals surface area (Å²) in [4.78, 5) is 29.2. The second-order valence-corrected chi connectivity index (χ2v) is 3.19. The van der Waals surface area contributed by atoms with Gasteiger partial charge in [-0.2, -0.15) is 5.10 Å². The van der Waals surface area contributed by atoms with Crippen molar-refractivity contribution in [3.8, 4) is 0 Å². The first-order valence-electron chi connectivity index (χ1n) is 4.24. The summed E-state index contributed by atoms with van der Waals surface area (Å²) in [5, 5.41) is 3.99. The minimum absolute atomic E-state index is 0.0544. The quantitative estimate of drug-likeness (QED) is 0.629. The molecule has 2 aromatic rings. The van der Waals surface area contributed by atoms with Gasteiger partial charge in [0, 0.05) is 7.05 Å². The van der Waals surface area contributed by atoms with Gasteiger partial charge in [0.25, 0.3) is 11.5 Å². The number of nitrogens with zero attached hydrogens (tertiary/aromatic N) is 3. The summed E-state index contributed by atoms with van der Waals surface area (Å²) < 4.78 is 1.36. The summed E-state index contributed by atoms with van der Waals surface area (Å²) in [6.07, 6.45) is 0. The average molecular weight is 207 g/mol. The van der Waals surface area contributed by atoms with Crippen molar-refractivity contribution < 1.29 is 4.79 Å². The van der Waals surface area contributed by atoms with Gasteiger partial charge in [-0.25, -0.2) is 9.67 Å². The zero-order valence-corrected chi connectivity index (χ0v) is 8.24. The summed E-state index contributed by atoms with van der Waals surface area (Å²) in [6, 6.07) is 0. The first kappa shape index (κ1) is 9.38. The number of nitrogens with one attached hydrogen (secondary N) is 1. The molecular formula is C8H9N5O2. The molecule has 0 aliphatic heterocycles. The molecule has 1 amide bonds. The molecule has 2 heterocycles. The number of carbonyl (C=O) groups excluding carboxylic acids is 1. The molecule has 0 spiro atoms. The number of hydrogen-bond donors (Lipinski definition) is 2. The first-order valence-corrected chi connectivity index (χ1v) is 4.24. The van der Waals surface area contributed by atoms with Crippen LogP contribution in [0.25, 0.3) is 11.0 Å². The van der Waals surface area contributed by atoms with E-state index in [0.29, 0.717) is 11.5 Å². The van der Waals surface area contributed by atoms with E-state index in [1.165, 1.54) is 4.68 Å². The van der Waals surface area contributed by atoms with Crippen LogP contribution in [0.4, 0.5) is 0 Å². The molecule has 0 aliphatic rings. The van der Waals surface area contributed by atoms with Gasteiger partial charge in [0.15, 0.2) is 11.3 Å². The highest BCUT2D eigenvalue weighted by Crippen LogP contribution is 2.10.